The zero-order valence-electron chi connectivity index (χ0n) is 14.1. The smallest absolute Gasteiger partial charge is 0.153 e. The summed E-state index contributed by atoms with van der Waals surface area (Å²) >= 11 is 0. The molecule has 0 bridgehead atoms. The van der Waals surface area contributed by atoms with Crippen molar-refractivity contribution in [1.29, 1.82) is 0 Å². The molecule has 1 aliphatic heterocycles. The number of anilines is 3. The number of nitrogens with one attached hydrogen (secondary N) is 2. The molecule has 130 valence electrons. The molecule has 0 radical (unpaired) electrons. The zero-order chi connectivity index (χ0) is 17.2. The standard InChI is InChI=1S/C17H21N7O/c1-11-8-16(23-22-11)20-15-9-14-13(17(18)21-15)3-2-12(19-14)10-24-4-6-25-7-5-24/h2-3,8-9H,4-7,10H2,1H3,(H4,18,20,21,22,23). The van der Waals surface area contributed by atoms with Crippen molar-refractivity contribution in [3.8, 4) is 0 Å². The Balaban J connectivity index is 1.60. The topological polar surface area (TPSA) is 105 Å². The number of fused-ring (bicyclic) bond motifs is 1. The van der Waals surface area contributed by atoms with Crippen LogP contribution in [0.3, 0.4) is 0 Å². The van der Waals surface area contributed by atoms with E-state index in [-0.39, 0.29) is 0 Å². The first-order valence-corrected chi connectivity index (χ1v) is 8.33. The maximum absolute atomic E-state index is 6.10. The molecule has 0 amide bonds. The average molecular weight is 339 g/mol. The van der Waals surface area contributed by atoms with Gasteiger partial charge in [-0.1, -0.05) is 0 Å². The van der Waals surface area contributed by atoms with Gasteiger partial charge in [-0.15, -0.1) is 0 Å². The number of rotatable bonds is 4. The van der Waals surface area contributed by atoms with Gasteiger partial charge in [0, 0.05) is 42.8 Å². The Hall–Kier alpha value is -2.71. The molecule has 3 aromatic rings. The number of nitrogens with two attached hydrogens (primary N) is 1. The normalized spacial score (nSPS) is 15.6. The number of nitrogens with zero attached hydrogens (tertiary/aromatic N) is 4. The first kappa shape index (κ1) is 15.8. The molecule has 0 spiro atoms. The van der Waals surface area contributed by atoms with E-state index in [1.54, 1.807) is 0 Å². The van der Waals surface area contributed by atoms with Gasteiger partial charge >= 0.3 is 0 Å². The lowest BCUT2D eigenvalue weighted by Crippen LogP contribution is -2.35. The van der Waals surface area contributed by atoms with Gasteiger partial charge in [0.05, 0.1) is 24.4 Å². The Kier molecular flexibility index (Phi) is 4.21. The van der Waals surface area contributed by atoms with Crippen LogP contribution in [0.2, 0.25) is 0 Å². The molecule has 1 saturated heterocycles. The highest BCUT2D eigenvalue weighted by Gasteiger charge is 2.13. The molecule has 1 fully saturated rings. The van der Waals surface area contributed by atoms with Gasteiger partial charge in [0.25, 0.3) is 0 Å². The number of hydrogen-bond donors (Lipinski definition) is 3. The van der Waals surface area contributed by atoms with E-state index < -0.39 is 0 Å². The molecule has 3 aromatic heterocycles. The Bertz CT molecular complexity index is 886. The van der Waals surface area contributed by atoms with Gasteiger partial charge in [0.2, 0.25) is 0 Å². The van der Waals surface area contributed by atoms with Crippen molar-refractivity contribution in [3.63, 3.8) is 0 Å². The molecule has 0 aromatic carbocycles. The highest BCUT2D eigenvalue weighted by atomic mass is 16.5. The number of aryl methyl sites for hydroxylation is 1. The van der Waals surface area contributed by atoms with E-state index in [0.29, 0.717) is 17.5 Å². The van der Waals surface area contributed by atoms with Crippen molar-refractivity contribution in [2.24, 2.45) is 0 Å². The van der Waals surface area contributed by atoms with Crippen molar-refractivity contribution >= 4 is 28.4 Å². The fraction of sp³-hybridized carbons (Fsp3) is 0.353. The summed E-state index contributed by atoms with van der Waals surface area (Å²) in [4.78, 5) is 11.5. The Morgan fingerprint density at radius 2 is 2.04 bits per heavy atom. The van der Waals surface area contributed by atoms with Crippen LogP contribution in [0.4, 0.5) is 17.5 Å². The maximum Gasteiger partial charge on any atom is 0.153 e. The second-order valence-electron chi connectivity index (χ2n) is 6.21. The minimum Gasteiger partial charge on any atom is -0.383 e. The molecule has 0 aliphatic carbocycles. The van der Waals surface area contributed by atoms with Gasteiger partial charge in [-0.05, 0) is 19.1 Å². The number of aromatic amines is 1. The third kappa shape index (κ3) is 3.54. The number of nitrogen functional groups attached to an aromatic ring is 1. The van der Waals surface area contributed by atoms with E-state index in [2.05, 4.69) is 25.4 Å². The van der Waals surface area contributed by atoms with E-state index in [0.717, 1.165) is 55.1 Å². The predicted octanol–water partition coefficient (Wildman–Crippen LogP) is 1.82. The highest BCUT2D eigenvalue weighted by molar-refractivity contribution is 5.90. The van der Waals surface area contributed by atoms with Gasteiger partial charge in [-0.2, -0.15) is 5.10 Å². The van der Waals surface area contributed by atoms with Gasteiger partial charge in [-0.3, -0.25) is 15.0 Å². The van der Waals surface area contributed by atoms with Crippen LogP contribution >= 0.6 is 0 Å². The van der Waals surface area contributed by atoms with Crippen LogP contribution in [-0.2, 0) is 11.3 Å². The molecular formula is C17H21N7O. The monoisotopic (exact) mass is 339 g/mol. The molecule has 4 rings (SSSR count). The minimum absolute atomic E-state index is 0.456. The van der Waals surface area contributed by atoms with E-state index in [4.69, 9.17) is 15.5 Å². The lowest BCUT2D eigenvalue weighted by atomic mass is 10.2. The minimum atomic E-state index is 0.456. The number of aromatic nitrogens is 4. The maximum atomic E-state index is 6.10. The van der Waals surface area contributed by atoms with E-state index >= 15 is 0 Å². The Morgan fingerprint density at radius 1 is 1.20 bits per heavy atom. The van der Waals surface area contributed by atoms with Crippen LogP contribution in [0.15, 0.2) is 24.3 Å². The van der Waals surface area contributed by atoms with Crippen molar-refractivity contribution in [1.82, 2.24) is 25.1 Å². The van der Waals surface area contributed by atoms with E-state index in [9.17, 15) is 0 Å². The summed E-state index contributed by atoms with van der Waals surface area (Å²) in [6, 6.07) is 7.81. The first-order chi connectivity index (χ1) is 12.2. The van der Waals surface area contributed by atoms with Gasteiger partial charge in [0.1, 0.15) is 11.6 Å². The van der Waals surface area contributed by atoms with Crippen LogP contribution in [-0.4, -0.2) is 51.4 Å². The SMILES string of the molecule is Cc1cc(Nc2cc3nc(CN4CCOCC4)ccc3c(N)n2)n[nH]1. The molecule has 8 nitrogen and oxygen atoms in total. The van der Waals surface area contributed by atoms with Crippen LogP contribution < -0.4 is 11.1 Å². The number of hydrogen-bond acceptors (Lipinski definition) is 7. The van der Waals surface area contributed by atoms with Crippen LogP contribution in [0.25, 0.3) is 10.9 Å². The Morgan fingerprint density at radius 3 is 2.80 bits per heavy atom. The fourth-order valence-electron chi connectivity index (χ4n) is 2.95. The molecule has 4 heterocycles. The second kappa shape index (κ2) is 6.66. The molecule has 0 atom stereocenters. The summed E-state index contributed by atoms with van der Waals surface area (Å²) in [5, 5.41) is 11.1. The van der Waals surface area contributed by atoms with Gasteiger partial charge in [0.15, 0.2) is 5.82 Å². The highest BCUT2D eigenvalue weighted by Crippen LogP contribution is 2.24. The van der Waals surface area contributed by atoms with E-state index in [1.807, 2.05) is 31.2 Å². The first-order valence-electron chi connectivity index (χ1n) is 8.33. The lowest BCUT2D eigenvalue weighted by Gasteiger charge is -2.26. The van der Waals surface area contributed by atoms with Crippen molar-refractivity contribution in [3.05, 3.63) is 35.7 Å². The number of ether oxygens (including phenoxy) is 1. The van der Waals surface area contributed by atoms with Crippen molar-refractivity contribution in [2.75, 3.05) is 37.4 Å². The van der Waals surface area contributed by atoms with Crippen LogP contribution in [0.1, 0.15) is 11.4 Å². The third-order valence-electron chi connectivity index (χ3n) is 4.22. The fourth-order valence-corrected chi connectivity index (χ4v) is 2.95. The van der Waals surface area contributed by atoms with Crippen LogP contribution in [0, 0.1) is 6.92 Å². The molecular weight excluding hydrogens is 318 g/mol. The molecule has 0 unspecified atom stereocenters. The summed E-state index contributed by atoms with van der Waals surface area (Å²) in [6.45, 7) is 6.18. The molecule has 25 heavy (non-hydrogen) atoms. The summed E-state index contributed by atoms with van der Waals surface area (Å²) in [7, 11) is 0. The molecule has 0 saturated carbocycles. The van der Waals surface area contributed by atoms with Gasteiger partial charge in [-0.25, -0.2) is 4.98 Å². The predicted molar refractivity (Wildman–Crippen MR) is 96.7 cm³/mol. The largest absolute Gasteiger partial charge is 0.383 e. The Labute approximate surface area is 145 Å². The summed E-state index contributed by atoms with van der Waals surface area (Å²) in [5.74, 6) is 1.79. The summed E-state index contributed by atoms with van der Waals surface area (Å²) in [6.07, 6.45) is 0. The van der Waals surface area contributed by atoms with E-state index in [1.165, 1.54) is 0 Å². The average Bonchev–Trinajstić information content (AvgIpc) is 3.00. The zero-order valence-corrected chi connectivity index (χ0v) is 14.1. The van der Waals surface area contributed by atoms with Crippen LogP contribution in [0.5, 0.6) is 0 Å². The molecule has 1 aliphatic rings. The lowest BCUT2D eigenvalue weighted by molar-refractivity contribution is 0.0337. The quantitative estimate of drug-likeness (QED) is 0.666. The summed E-state index contributed by atoms with van der Waals surface area (Å²) < 4.78 is 5.39. The molecule has 8 heteroatoms. The number of pyridine rings is 2. The van der Waals surface area contributed by atoms with Gasteiger partial charge < -0.3 is 15.8 Å². The van der Waals surface area contributed by atoms with Crippen molar-refractivity contribution in [2.45, 2.75) is 13.5 Å². The summed E-state index contributed by atoms with van der Waals surface area (Å²) in [5.41, 5.74) is 8.92. The molecule has 4 N–H and O–H groups in total. The van der Waals surface area contributed by atoms with Crippen molar-refractivity contribution < 1.29 is 4.74 Å². The number of morpholine rings is 1. The number of H-pyrrole nitrogens is 1. The third-order valence-corrected chi connectivity index (χ3v) is 4.22. The second-order valence-corrected chi connectivity index (χ2v) is 6.21.